The van der Waals surface area contributed by atoms with Crippen LogP contribution in [0, 0.1) is 17.5 Å². The van der Waals surface area contributed by atoms with Crippen LogP contribution in [-0.2, 0) is 14.3 Å². The smallest absolute Gasteiger partial charge is 0.331 e. The van der Waals surface area contributed by atoms with Gasteiger partial charge >= 0.3 is 5.97 Å². The number of hydrogen-bond donors (Lipinski definition) is 1. The lowest BCUT2D eigenvalue weighted by Crippen LogP contribution is -2.21. The first-order valence-electron chi connectivity index (χ1n) is 8.07. The zero-order valence-electron chi connectivity index (χ0n) is 14.3. The number of aromatic nitrogens is 1. The summed E-state index contributed by atoms with van der Waals surface area (Å²) in [4.78, 5) is 27.7. The lowest BCUT2D eigenvalue weighted by atomic mass is 10.1. The van der Waals surface area contributed by atoms with Crippen LogP contribution in [0.15, 0.2) is 54.7 Å². The van der Waals surface area contributed by atoms with Crippen LogP contribution < -0.4 is 5.32 Å². The molecule has 28 heavy (non-hydrogen) atoms. The van der Waals surface area contributed by atoms with Crippen molar-refractivity contribution in [1.82, 2.24) is 4.98 Å². The van der Waals surface area contributed by atoms with Crippen molar-refractivity contribution in [3.63, 3.8) is 0 Å². The highest BCUT2D eigenvalue weighted by Crippen LogP contribution is 2.19. The number of rotatable bonds is 5. The molecule has 8 heteroatoms. The summed E-state index contributed by atoms with van der Waals surface area (Å²) < 4.78 is 44.2. The monoisotopic (exact) mass is 386 g/mol. The summed E-state index contributed by atoms with van der Waals surface area (Å²) in [5, 5.41) is 2.89. The highest BCUT2D eigenvalue weighted by molar-refractivity contribution is 5.96. The number of carbonyl (C=O) groups is 2. The Labute approximate surface area is 157 Å². The molecular formula is C20H13F3N2O3. The van der Waals surface area contributed by atoms with Crippen molar-refractivity contribution in [2.24, 2.45) is 0 Å². The number of fused-ring (bicyclic) bond motifs is 1. The van der Waals surface area contributed by atoms with Crippen LogP contribution in [0.25, 0.3) is 17.0 Å². The van der Waals surface area contributed by atoms with Crippen LogP contribution in [0.3, 0.4) is 0 Å². The van der Waals surface area contributed by atoms with Gasteiger partial charge in [0.05, 0.1) is 11.2 Å². The first-order valence-corrected chi connectivity index (χ1v) is 8.07. The van der Waals surface area contributed by atoms with Crippen molar-refractivity contribution < 1.29 is 27.5 Å². The molecule has 0 spiro atoms. The molecule has 1 aromatic heterocycles. The molecule has 0 aliphatic carbocycles. The molecule has 1 N–H and O–H groups in total. The number of amides is 1. The van der Waals surface area contributed by atoms with E-state index in [2.05, 4.69) is 4.98 Å². The fraction of sp³-hybridized carbons (Fsp3) is 0.0500. The molecule has 2 aromatic carbocycles. The first-order chi connectivity index (χ1) is 13.5. The SMILES string of the molecule is O=C(COC(=O)/C=C/c1cccc2cccnc12)Nc1ccc(F)c(F)c1F. The Morgan fingerprint density at radius 2 is 1.82 bits per heavy atom. The van der Waals surface area contributed by atoms with Crippen LogP contribution in [0.2, 0.25) is 0 Å². The summed E-state index contributed by atoms with van der Waals surface area (Å²) in [5.74, 6) is -6.34. The second kappa shape index (κ2) is 8.34. The Hall–Kier alpha value is -3.68. The van der Waals surface area contributed by atoms with Crippen molar-refractivity contribution >= 4 is 34.5 Å². The molecule has 5 nitrogen and oxygen atoms in total. The second-order valence-electron chi connectivity index (χ2n) is 5.63. The van der Waals surface area contributed by atoms with Crippen LogP contribution in [0.4, 0.5) is 18.9 Å². The number of nitrogens with zero attached hydrogens (tertiary/aromatic N) is 1. The number of nitrogens with one attached hydrogen (secondary N) is 1. The average molecular weight is 386 g/mol. The van der Waals surface area contributed by atoms with Crippen LogP contribution in [-0.4, -0.2) is 23.5 Å². The number of esters is 1. The molecule has 142 valence electrons. The number of hydrogen-bond acceptors (Lipinski definition) is 4. The summed E-state index contributed by atoms with van der Waals surface area (Å²) in [7, 11) is 0. The predicted molar refractivity (Wildman–Crippen MR) is 96.7 cm³/mol. The molecule has 3 aromatic rings. The molecule has 0 bridgehead atoms. The quantitative estimate of drug-likeness (QED) is 0.411. The first kappa shape index (κ1) is 19.1. The Kier molecular flexibility index (Phi) is 5.69. The van der Waals surface area contributed by atoms with Crippen molar-refractivity contribution in [2.75, 3.05) is 11.9 Å². The molecule has 0 saturated heterocycles. The van der Waals surface area contributed by atoms with E-state index in [9.17, 15) is 22.8 Å². The number of para-hydroxylation sites is 1. The molecule has 0 saturated carbocycles. The van der Waals surface area contributed by atoms with E-state index in [-0.39, 0.29) is 0 Å². The molecule has 0 aliphatic rings. The number of anilines is 1. The van der Waals surface area contributed by atoms with E-state index in [0.717, 1.165) is 17.5 Å². The minimum Gasteiger partial charge on any atom is -0.452 e. The Balaban J connectivity index is 1.59. The van der Waals surface area contributed by atoms with Crippen LogP contribution in [0.5, 0.6) is 0 Å². The van der Waals surface area contributed by atoms with E-state index < -0.39 is 41.6 Å². The summed E-state index contributed by atoms with van der Waals surface area (Å²) in [6.45, 7) is -0.727. The van der Waals surface area contributed by atoms with Crippen molar-refractivity contribution in [3.05, 3.63) is 77.8 Å². The Morgan fingerprint density at radius 1 is 1.04 bits per heavy atom. The lowest BCUT2D eigenvalue weighted by molar-refractivity contribution is -0.142. The molecule has 3 rings (SSSR count). The van der Waals surface area contributed by atoms with Gasteiger partial charge in [-0.3, -0.25) is 9.78 Å². The molecule has 0 fully saturated rings. The maximum absolute atomic E-state index is 13.5. The molecule has 0 aliphatic heterocycles. The molecule has 0 atom stereocenters. The van der Waals surface area contributed by atoms with Gasteiger partial charge in [-0.2, -0.15) is 0 Å². The van der Waals surface area contributed by atoms with Gasteiger partial charge in [0, 0.05) is 23.2 Å². The normalized spacial score (nSPS) is 11.0. The zero-order chi connectivity index (χ0) is 20.1. The minimum atomic E-state index is -1.71. The third-order valence-corrected chi connectivity index (χ3v) is 3.72. The molecule has 1 heterocycles. The molecule has 0 unspecified atom stereocenters. The zero-order valence-corrected chi connectivity index (χ0v) is 14.3. The van der Waals surface area contributed by atoms with Gasteiger partial charge in [0.25, 0.3) is 5.91 Å². The largest absolute Gasteiger partial charge is 0.452 e. The van der Waals surface area contributed by atoms with Gasteiger partial charge < -0.3 is 10.1 Å². The molecule has 1 amide bonds. The molecule has 0 radical (unpaired) electrons. The lowest BCUT2D eigenvalue weighted by Gasteiger charge is -2.07. The second-order valence-corrected chi connectivity index (χ2v) is 5.63. The maximum Gasteiger partial charge on any atom is 0.331 e. The fourth-order valence-corrected chi connectivity index (χ4v) is 2.41. The number of pyridine rings is 1. The van der Waals surface area contributed by atoms with E-state index >= 15 is 0 Å². The number of benzene rings is 2. The van der Waals surface area contributed by atoms with Gasteiger partial charge in [-0.25, -0.2) is 18.0 Å². The third-order valence-electron chi connectivity index (χ3n) is 3.72. The standard InChI is InChI=1S/C20H13F3N2O3/c21-14-7-8-15(19(23)18(14)22)25-16(26)11-28-17(27)9-6-13-4-1-3-12-5-2-10-24-20(12)13/h1-10H,11H2,(H,25,26)/b9-6+. The van der Waals surface area contributed by atoms with E-state index in [1.165, 1.54) is 6.08 Å². The van der Waals surface area contributed by atoms with Crippen molar-refractivity contribution in [2.45, 2.75) is 0 Å². The summed E-state index contributed by atoms with van der Waals surface area (Å²) in [6, 6.07) is 10.6. The van der Waals surface area contributed by atoms with Gasteiger partial charge in [-0.1, -0.05) is 24.3 Å². The number of halogens is 3. The minimum absolute atomic E-state index is 0.558. The summed E-state index contributed by atoms with van der Waals surface area (Å²) in [6.07, 6.45) is 4.24. The number of ether oxygens (including phenoxy) is 1. The Morgan fingerprint density at radius 3 is 2.64 bits per heavy atom. The highest BCUT2D eigenvalue weighted by atomic mass is 19.2. The van der Waals surface area contributed by atoms with E-state index in [0.29, 0.717) is 17.1 Å². The van der Waals surface area contributed by atoms with Crippen molar-refractivity contribution in [1.29, 1.82) is 0 Å². The van der Waals surface area contributed by atoms with E-state index in [4.69, 9.17) is 4.74 Å². The van der Waals surface area contributed by atoms with Gasteiger partial charge in [0.2, 0.25) is 0 Å². The van der Waals surface area contributed by atoms with E-state index in [1.807, 2.05) is 17.4 Å². The van der Waals surface area contributed by atoms with Gasteiger partial charge in [0.15, 0.2) is 24.1 Å². The topological polar surface area (TPSA) is 68.3 Å². The maximum atomic E-state index is 13.5. The van der Waals surface area contributed by atoms with Crippen LogP contribution in [0.1, 0.15) is 5.56 Å². The summed E-state index contributed by atoms with van der Waals surface area (Å²) in [5.41, 5.74) is 0.821. The van der Waals surface area contributed by atoms with Crippen molar-refractivity contribution in [3.8, 4) is 0 Å². The van der Waals surface area contributed by atoms with Crippen LogP contribution >= 0.6 is 0 Å². The fourth-order valence-electron chi connectivity index (χ4n) is 2.41. The van der Waals surface area contributed by atoms with Gasteiger partial charge in [0.1, 0.15) is 0 Å². The van der Waals surface area contributed by atoms with Gasteiger partial charge in [-0.05, 0) is 24.3 Å². The highest BCUT2D eigenvalue weighted by Gasteiger charge is 2.15. The van der Waals surface area contributed by atoms with E-state index in [1.54, 1.807) is 24.4 Å². The summed E-state index contributed by atoms with van der Waals surface area (Å²) >= 11 is 0. The van der Waals surface area contributed by atoms with Gasteiger partial charge in [-0.15, -0.1) is 0 Å². The average Bonchev–Trinajstić information content (AvgIpc) is 2.71. The Bertz CT molecular complexity index is 1080. The third kappa shape index (κ3) is 4.35. The number of carbonyl (C=O) groups excluding carboxylic acids is 2. The molecular weight excluding hydrogens is 373 g/mol. The predicted octanol–water partition coefficient (Wildman–Crippen LogP) is 3.85.